The number of benzene rings is 1. The Morgan fingerprint density at radius 2 is 1.94 bits per heavy atom. The van der Waals surface area contributed by atoms with Crippen LogP contribution in [0.25, 0.3) is 11.0 Å². The summed E-state index contributed by atoms with van der Waals surface area (Å²) in [4.78, 5) is 2.37. The fourth-order valence-electron chi connectivity index (χ4n) is 1.43. The maximum atomic E-state index is 12.2. The van der Waals surface area contributed by atoms with Crippen LogP contribution in [-0.4, -0.2) is 32.0 Å². The first-order valence-electron chi connectivity index (χ1n) is 4.75. The molecule has 0 unspecified atom stereocenters. The number of aromatic nitrogens is 5. The standard InChI is InChI=1S/C8H6N6O2S2/c15-18(16,13-14-4-9-10-5-14)7-3-1-2-6-8(7)12-17-11-6/h1-5,13H. The van der Waals surface area contributed by atoms with E-state index in [9.17, 15) is 8.42 Å². The number of fused-ring (bicyclic) bond motifs is 1. The lowest BCUT2D eigenvalue weighted by Gasteiger charge is -2.07. The van der Waals surface area contributed by atoms with Crippen LogP contribution in [0.3, 0.4) is 0 Å². The smallest absolute Gasteiger partial charge is 0.221 e. The lowest BCUT2D eigenvalue weighted by molar-refractivity contribution is 0.596. The van der Waals surface area contributed by atoms with Gasteiger partial charge in [0.2, 0.25) is 0 Å². The topological polar surface area (TPSA) is 103 Å². The second kappa shape index (κ2) is 3.99. The van der Waals surface area contributed by atoms with Crippen molar-refractivity contribution in [2.24, 2.45) is 0 Å². The number of rotatable bonds is 3. The van der Waals surface area contributed by atoms with Crippen molar-refractivity contribution >= 4 is 32.8 Å². The predicted molar refractivity (Wildman–Crippen MR) is 64.0 cm³/mol. The van der Waals surface area contributed by atoms with E-state index in [0.717, 1.165) is 16.4 Å². The second-order valence-electron chi connectivity index (χ2n) is 3.35. The zero-order valence-electron chi connectivity index (χ0n) is 8.76. The molecule has 18 heavy (non-hydrogen) atoms. The molecule has 2 aromatic heterocycles. The van der Waals surface area contributed by atoms with E-state index >= 15 is 0 Å². The van der Waals surface area contributed by atoms with Crippen LogP contribution in [0.5, 0.6) is 0 Å². The molecule has 1 N–H and O–H groups in total. The third-order valence-corrected chi connectivity index (χ3v) is 4.09. The summed E-state index contributed by atoms with van der Waals surface area (Å²) in [5, 5.41) is 7.02. The van der Waals surface area contributed by atoms with E-state index in [4.69, 9.17) is 0 Å². The highest BCUT2D eigenvalue weighted by Crippen LogP contribution is 2.21. The Balaban J connectivity index is 2.11. The van der Waals surface area contributed by atoms with Gasteiger partial charge in [0, 0.05) is 0 Å². The summed E-state index contributed by atoms with van der Waals surface area (Å²) in [6, 6.07) is 4.79. The maximum absolute atomic E-state index is 12.2. The van der Waals surface area contributed by atoms with Gasteiger partial charge in [0.15, 0.2) is 0 Å². The van der Waals surface area contributed by atoms with Gasteiger partial charge in [0.05, 0.1) is 11.7 Å². The molecular weight excluding hydrogens is 276 g/mol. The maximum Gasteiger partial charge on any atom is 0.277 e. The number of nitrogens with zero attached hydrogens (tertiary/aromatic N) is 5. The quantitative estimate of drug-likeness (QED) is 0.737. The lowest BCUT2D eigenvalue weighted by Crippen LogP contribution is -2.22. The second-order valence-corrected chi connectivity index (χ2v) is 5.51. The SMILES string of the molecule is O=S(=O)(Nn1cnnc1)c1cccc2nsnc12. The molecule has 1 aromatic carbocycles. The first-order valence-corrected chi connectivity index (χ1v) is 6.97. The molecule has 0 fully saturated rings. The Bertz CT molecular complexity index is 779. The fraction of sp³-hybridized carbons (Fsp3) is 0. The molecule has 0 amide bonds. The Labute approximate surface area is 106 Å². The van der Waals surface area contributed by atoms with E-state index < -0.39 is 10.0 Å². The molecular formula is C8H6N6O2S2. The Morgan fingerprint density at radius 3 is 2.72 bits per heavy atom. The summed E-state index contributed by atoms with van der Waals surface area (Å²) in [7, 11) is -3.74. The molecule has 0 atom stereocenters. The molecule has 0 bridgehead atoms. The van der Waals surface area contributed by atoms with Crippen LogP contribution >= 0.6 is 11.7 Å². The van der Waals surface area contributed by atoms with Gasteiger partial charge < -0.3 is 0 Å². The van der Waals surface area contributed by atoms with E-state index in [1.54, 1.807) is 12.1 Å². The first-order chi connectivity index (χ1) is 8.67. The summed E-state index contributed by atoms with van der Waals surface area (Å²) in [5.41, 5.74) is 0.898. The van der Waals surface area contributed by atoms with Gasteiger partial charge in [-0.2, -0.15) is 17.2 Å². The van der Waals surface area contributed by atoms with E-state index in [1.165, 1.54) is 18.7 Å². The first kappa shape index (κ1) is 11.0. The minimum atomic E-state index is -3.74. The molecule has 0 saturated carbocycles. The highest BCUT2D eigenvalue weighted by Gasteiger charge is 2.19. The molecule has 0 aliphatic carbocycles. The Kier molecular flexibility index (Phi) is 2.45. The van der Waals surface area contributed by atoms with Crippen LogP contribution in [0.15, 0.2) is 35.7 Å². The molecule has 0 spiro atoms. The summed E-state index contributed by atoms with van der Waals surface area (Å²) in [6.45, 7) is 0. The average molecular weight is 282 g/mol. The highest BCUT2D eigenvalue weighted by molar-refractivity contribution is 7.92. The van der Waals surface area contributed by atoms with Crippen molar-refractivity contribution in [2.75, 3.05) is 4.83 Å². The van der Waals surface area contributed by atoms with E-state index in [2.05, 4.69) is 23.8 Å². The van der Waals surface area contributed by atoms with Crippen LogP contribution < -0.4 is 4.83 Å². The van der Waals surface area contributed by atoms with E-state index in [0.29, 0.717) is 11.0 Å². The number of hydrogen-bond donors (Lipinski definition) is 1. The molecule has 0 saturated heterocycles. The monoisotopic (exact) mass is 282 g/mol. The average Bonchev–Trinajstić information content (AvgIpc) is 2.97. The summed E-state index contributed by atoms with van der Waals surface area (Å²) in [5.74, 6) is 0. The summed E-state index contributed by atoms with van der Waals surface area (Å²) in [6.07, 6.45) is 2.49. The largest absolute Gasteiger partial charge is 0.277 e. The van der Waals surface area contributed by atoms with Gasteiger partial charge in [0.1, 0.15) is 28.6 Å². The molecule has 10 heteroatoms. The number of sulfonamides is 1. The highest BCUT2D eigenvalue weighted by atomic mass is 32.2. The molecule has 0 radical (unpaired) electrons. The Morgan fingerprint density at radius 1 is 1.17 bits per heavy atom. The predicted octanol–water partition coefficient (Wildman–Crippen LogP) is 0.215. The summed E-state index contributed by atoms with van der Waals surface area (Å²) >= 11 is 0.967. The molecule has 3 aromatic rings. The molecule has 8 nitrogen and oxygen atoms in total. The molecule has 3 rings (SSSR count). The van der Waals surface area contributed by atoms with Crippen LogP contribution in [0.4, 0.5) is 0 Å². The van der Waals surface area contributed by atoms with Crippen molar-refractivity contribution in [3.63, 3.8) is 0 Å². The third kappa shape index (κ3) is 1.80. The van der Waals surface area contributed by atoms with Gasteiger partial charge in [0.25, 0.3) is 10.0 Å². The van der Waals surface area contributed by atoms with Gasteiger partial charge in [-0.3, -0.25) is 0 Å². The van der Waals surface area contributed by atoms with Crippen LogP contribution in [0, 0.1) is 0 Å². The van der Waals surface area contributed by atoms with Crippen molar-refractivity contribution in [3.05, 3.63) is 30.9 Å². The van der Waals surface area contributed by atoms with E-state index in [1.807, 2.05) is 0 Å². The molecule has 2 heterocycles. The van der Waals surface area contributed by atoms with Crippen molar-refractivity contribution < 1.29 is 8.42 Å². The number of hydrogen-bond acceptors (Lipinski definition) is 7. The Hall–Kier alpha value is -2.07. The van der Waals surface area contributed by atoms with Gasteiger partial charge in [-0.05, 0) is 12.1 Å². The van der Waals surface area contributed by atoms with Crippen molar-refractivity contribution in [2.45, 2.75) is 4.90 Å². The van der Waals surface area contributed by atoms with Gasteiger partial charge >= 0.3 is 0 Å². The van der Waals surface area contributed by atoms with Crippen molar-refractivity contribution in [3.8, 4) is 0 Å². The zero-order valence-corrected chi connectivity index (χ0v) is 10.4. The summed E-state index contributed by atoms with van der Waals surface area (Å²) < 4.78 is 33.5. The molecule has 0 aliphatic heterocycles. The molecule has 92 valence electrons. The minimum absolute atomic E-state index is 0.0717. The third-order valence-electron chi connectivity index (χ3n) is 2.18. The van der Waals surface area contributed by atoms with Crippen LogP contribution in [-0.2, 0) is 10.0 Å². The van der Waals surface area contributed by atoms with Crippen LogP contribution in [0.1, 0.15) is 0 Å². The zero-order chi connectivity index (χ0) is 12.6. The van der Waals surface area contributed by atoms with E-state index in [-0.39, 0.29) is 4.90 Å². The fourth-order valence-corrected chi connectivity index (χ4v) is 3.17. The van der Waals surface area contributed by atoms with Gasteiger partial charge in [-0.25, -0.2) is 9.51 Å². The van der Waals surface area contributed by atoms with Crippen molar-refractivity contribution in [1.29, 1.82) is 0 Å². The van der Waals surface area contributed by atoms with Crippen LogP contribution in [0.2, 0.25) is 0 Å². The number of nitrogens with one attached hydrogen (secondary N) is 1. The minimum Gasteiger partial charge on any atom is -0.221 e. The molecule has 0 aliphatic rings. The lowest BCUT2D eigenvalue weighted by atomic mass is 10.3. The van der Waals surface area contributed by atoms with Gasteiger partial charge in [-0.15, -0.1) is 10.2 Å². The van der Waals surface area contributed by atoms with Gasteiger partial charge in [-0.1, -0.05) is 6.07 Å². The normalized spacial score (nSPS) is 11.8. The van der Waals surface area contributed by atoms with Crippen molar-refractivity contribution in [1.82, 2.24) is 23.6 Å².